The van der Waals surface area contributed by atoms with Crippen LogP contribution in [0.2, 0.25) is 0 Å². The van der Waals surface area contributed by atoms with E-state index in [0.717, 1.165) is 19.4 Å². The summed E-state index contributed by atoms with van der Waals surface area (Å²) in [5.41, 5.74) is 0. The fourth-order valence-corrected chi connectivity index (χ4v) is 2.15. The van der Waals surface area contributed by atoms with Crippen LogP contribution in [-0.2, 0) is 4.74 Å². The van der Waals surface area contributed by atoms with Crippen molar-refractivity contribution in [3.63, 3.8) is 0 Å². The molecule has 1 aliphatic rings. The van der Waals surface area contributed by atoms with E-state index in [9.17, 15) is 5.11 Å². The van der Waals surface area contributed by atoms with Gasteiger partial charge >= 0.3 is 0 Å². The number of hydrogen-bond acceptors (Lipinski definition) is 2. The van der Waals surface area contributed by atoms with Crippen molar-refractivity contribution in [3.8, 4) is 0 Å². The van der Waals surface area contributed by atoms with Crippen molar-refractivity contribution < 1.29 is 9.84 Å². The van der Waals surface area contributed by atoms with Gasteiger partial charge in [-0.05, 0) is 31.1 Å². The Hall–Kier alpha value is -0.0800. The first kappa shape index (κ1) is 10.0. The monoisotopic (exact) mass is 172 g/mol. The topological polar surface area (TPSA) is 29.5 Å². The van der Waals surface area contributed by atoms with Gasteiger partial charge in [0, 0.05) is 13.7 Å². The lowest BCUT2D eigenvalue weighted by molar-refractivity contribution is 0.0862. The van der Waals surface area contributed by atoms with Gasteiger partial charge in [-0.25, -0.2) is 0 Å². The highest BCUT2D eigenvalue weighted by atomic mass is 16.5. The smallest absolute Gasteiger partial charge is 0.0571 e. The molecule has 0 heterocycles. The van der Waals surface area contributed by atoms with Gasteiger partial charge in [-0.2, -0.15) is 0 Å². The van der Waals surface area contributed by atoms with Crippen LogP contribution >= 0.6 is 0 Å². The van der Waals surface area contributed by atoms with Gasteiger partial charge in [-0.15, -0.1) is 0 Å². The summed E-state index contributed by atoms with van der Waals surface area (Å²) >= 11 is 0. The van der Waals surface area contributed by atoms with Gasteiger partial charge in [0.25, 0.3) is 0 Å². The zero-order valence-electron chi connectivity index (χ0n) is 8.12. The van der Waals surface area contributed by atoms with Crippen molar-refractivity contribution in [1.82, 2.24) is 0 Å². The lowest BCUT2D eigenvalue weighted by Gasteiger charge is -2.21. The van der Waals surface area contributed by atoms with Gasteiger partial charge in [0.05, 0.1) is 6.10 Å². The molecule has 1 aliphatic carbocycles. The van der Waals surface area contributed by atoms with E-state index in [2.05, 4.69) is 6.92 Å². The number of aliphatic hydroxyl groups is 1. The maximum absolute atomic E-state index is 9.62. The summed E-state index contributed by atoms with van der Waals surface area (Å²) < 4.78 is 5.03. The predicted octanol–water partition coefficient (Wildman–Crippen LogP) is 1.82. The Labute approximate surface area is 74.9 Å². The molecule has 0 aromatic heterocycles. The average Bonchev–Trinajstić information content (AvgIpc) is 2.47. The number of hydrogen-bond donors (Lipinski definition) is 1. The molecule has 0 aliphatic heterocycles. The average molecular weight is 172 g/mol. The number of aliphatic hydroxyl groups excluding tert-OH is 1. The highest BCUT2D eigenvalue weighted by Gasteiger charge is 2.29. The second-order valence-electron chi connectivity index (χ2n) is 3.92. The van der Waals surface area contributed by atoms with E-state index in [0.29, 0.717) is 11.8 Å². The second kappa shape index (κ2) is 4.83. The van der Waals surface area contributed by atoms with E-state index in [4.69, 9.17) is 4.74 Å². The fourth-order valence-electron chi connectivity index (χ4n) is 2.15. The third-order valence-electron chi connectivity index (χ3n) is 3.04. The molecule has 72 valence electrons. The zero-order chi connectivity index (χ0) is 8.97. The molecule has 0 aromatic carbocycles. The molecule has 1 N–H and O–H groups in total. The molecule has 3 unspecified atom stereocenters. The van der Waals surface area contributed by atoms with Gasteiger partial charge in [0.15, 0.2) is 0 Å². The van der Waals surface area contributed by atoms with Crippen LogP contribution < -0.4 is 0 Å². The molecule has 12 heavy (non-hydrogen) atoms. The van der Waals surface area contributed by atoms with Crippen molar-refractivity contribution in [3.05, 3.63) is 0 Å². The highest BCUT2D eigenvalue weighted by molar-refractivity contribution is 4.80. The Morgan fingerprint density at radius 2 is 2.25 bits per heavy atom. The van der Waals surface area contributed by atoms with Crippen LogP contribution in [0.15, 0.2) is 0 Å². The van der Waals surface area contributed by atoms with Gasteiger partial charge in [0.2, 0.25) is 0 Å². The predicted molar refractivity (Wildman–Crippen MR) is 49.0 cm³/mol. The molecule has 1 rings (SSSR count). The number of methoxy groups -OCH3 is 1. The first-order chi connectivity index (χ1) is 5.75. The Kier molecular flexibility index (Phi) is 4.02. The minimum absolute atomic E-state index is 0.0446. The quantitative estimate of drug-likeness (QED) is 0.701. The summed E-state index contributed by atoms with van der Waals surface area (Å²) in [6.07, 6.45) is 4.44. The molecule has 0 saturated heterocycles. The summed E-state index contributed by atoms with van der Waals surface area (Å²) in [4.78, 5) is 0. The molecule has 0 amide bonds. The Morgan fingerprint density at radius 3 is 2.75 bits per heavy atom. The molecule has 0 bridgehead atoms. The molecule has 0 spiro atoms. The van der Waals surface area contributed by atoms with Crippen molar-refractivity contribution in [2.75, 3.05) is 13.7 Å². The van der Waals surface area contributed by atoms with Crippen LogP contribution in [0.3, 0.4) is 0 Å². The van der Waals surface area contributed by atoms with Crippen molar-refractivity contribution in [2.24, 2.45) is 11.8 Å². The maximum Gasteiger partial charge on any atom is 0.0571 e. The van der Waals surface area contributed by atoms with Gasteiger partial charge in [-0.1, -0.05) is 13.3 Å². The Morgan fingerprint density at radius 1 is 1.50 bits per heavy atom. The van der Waals surface area contributed by atoms with Crippen LogP contribution in [0.1, 0.15) is 32.6 Å². The van der Waals surface area contributed by atoms with Gasteiger partial charge < -0.3 is 9.84 Å². The highest BCUT2D eigenvalue weighted by Crippen LogP contribution is 2.33. The van der Waals surface area contributed by atoms with E-state index >= 15 is 0 Å². The van der Waals surface area contributed by atoms with E-state index in [1.165, 1.54) is 12.8 Å². The number of rotatable bonds is 4. The molecule has 2 nitrogen and oxygen atoms in total. The lowest BCUT2D eigenvalue weighted by Crippen LogP contribution is -2.21. The van der Waals surface area contributed by atoms with E-state index in [1.807, 2.05) is 0 Å². The summed E-state index contributed by atoms with van der Waals surface area (Å²) in [6.45, 7) is 3.04. The summed E-state index contributed by atoms with van der Waals surface area (Å²) in [5, 5.41) is 9.62. The Bertz CT molecular complexity index is 125. The SMILES string of the molecule is COCCC(C)C1CCCC1O. The van der Waals surface area contributed by atoms with E-state index < -0.39 is 0 Å². The van der Waals surface area contributed by atoms with Crippen molar-refractivity contribution in [1.29, 1.82) is 0 Å². The van der Waals surface area contributed by atoms with Crippen LogP contribution in [0.4, 0.5) is 0 Å². The normalized spacial score (nSPS) is 32.2. The third-order valence-corrected chi connectivity index (χ3v) is 3.04. The Balaban J connectivity index is 2.25. The van der Waals surface area contributed by atoms with E-state index in [-0.39, 0.29) is 6.10 Å². The largest absolute Gasteiger partial charge is 0.393 e. The molecule has 0 aromatic rings. The zero-order valence-corrected chi connectivity index (χ0v) is 8.12. The first-order valence-corrected chi connectivity index (χ1v) is 4.92. The second-order valence-corrected chi connectivity index (χ2v) is 3.92. The van der Waals surface area contributed by atoms with E-state index in [1.54, 1.807) is 7.11 Å². The molecule has 0 radical (unpaired) electrons. The molecule has 1 saturated carbocycles. The van der Waals surface area contributed by atoms with Crippen molar-refractivity contribution in [2.45, 2.75) is 38.7 Å². The van der Waals surface area contributed by atoms with Crippen LogP contribution in [-0.4, -0.2) is 24.9 Å². The third kappa shape index (κ3) is 2.46. The lowest BCUT2D eigenvalue weighted by atomic mass is 9.89. The van der Waals surface area contributed by atoms with Crippen LogP contribution in [0.25, 0.3) is 0 Å². The summed E-state index contributed by atoms with van der Waals surface area (Å²) in [5.74, 6) is 1.14. The standard InChI is InChI=1S/C10H20O2/c1-8(6-7-12-2)9-4-3-5-10(9)11/h8-11H,3-7H2,1-2H3. The molecule has 3 atom stereocenters. The van der Waals surface area contributed by atoms with Crippen LogP contribution in [0.5, 0.6) is 0 Å². The fraction of sp³-hybridized carbons (Fsp3) is 1.00. The minimum atomic E-state index is -0.0446. The molecule has 2 heteroatoms. The summed E-state index contributed by atoms with van der Waals surface area (Å²) in [6, 6.07) is 0. The number of ether oxygens (including phenoxy) is 1. The summed E-state index contributed by atoms with van der Waals surface area (Å²) in [7, 11) is 1.73. The molecular formula is C10H20O2. The molecular weight excluding hydrogens is 152 g/mol. The minimum Gasteiger partial charge on any atom is -0.393 e. The first-order valence-electron chi connectivity index (χ1n) is 4.92. The maximum atomic E-state index is 9.62. The van der Waals surface area contributed by atoms with Crippen LogP contribution in [0, 0.1) is 11.8 Å². The van der Waals surface area contributed by atoms with Crippen molar-refractivity contribution >= 4 is 0 Å². The van der Waals surface area contributed by atoms with Gasteiger partial charge in [-0.3, -0.25) is 0 Å². The van der Waals surface area contributed by atoms with Gasteiger partial charge in [0.1, 0.15) is 0 Å². The molecule has 1 fully saturated rings.